The fourth-order valence-corrected chi connectivity index (χ4v) is 4.62. The summed E-state index contributed by atoms with van der Waals surface area (Å²) in [5, 5.41) is 4.25. The number of benzene rings is 2. The van der Waals surface area contributed by atoms with Crippen LogP contribution in [-0.4, -0.2) is 19.3 Å². The summed E-state index contributed by atoms with van der Waals surface area (Å²) in [7, 11) is -4.36. The van der Waals surface area contributed by atoms with Gasteiger partial charge in [0.15, 0.2) is 5.13 Å². The van der Waals surface area contributed by atoms with Gasteiger partial charge in [0.25, 0.3) is 10.0 Å². The smallest absolute Gasteiger partial charge is 0.266 e. The summed E-state index contributed by atoms with van der Waals surface area (Å²) in [5.74, 6) is -2.19. The van der Waals surface area contributed by atoms with Crippen LogP contribution in [0.3, 0.4) is 0 Å². The SMILES string of the molecule is CC(=O)Nc1ccc(-c2csc(NS(=O)(=O)c3cc(F)c(Br)cc3F)n2)cc1. The van der Waals surface area contributed by atoms with E-state index < -0.39 is 26.6 Å². The highest BCUT2D eigenvalue weighted by molar-refractivity contribution is 9.10. The summed E-state index contributed by atoms with van der Waals surface area (Å²) in [6, 6.07) is 8.12. The highest BCUT2D eigenvalue weighted by Crippen LogP contribution is 2.29. The van der Waals surface area contributed by atoms with Crippen molar-refractivity contribution in [1.82, 2.24) is 4.98 Å². The summed E-state index contributed by atoms with van der Waals surface area (Å²) in [6.45, 7) is 1.40. The second-order valence-electron chi connectivity index (χ2n) is 5.60. The van der Waals surface area contributed by atoms with Crippen molar-refractivity contribution < 1.29 is 22.0 Å². The highest BCUT2D eigenvalue weighted by Gasteiger charge is 2.23. The number of halogens is 3. The van der Waals surface area contributed by atoms with Gasteiger partial charge in [0, 0.05) is 23.6 Å². The molecule has 6 nitrogen and oxygen atoms in total. The van der Waals surface area contributed by atoms with Crippen LogP contribution in [0.1, 0.15) is 6.92 Å². The molecule has 0 spiro atoms. The van der Waals surface area contributed by atoms with Gasteiger partial charge in [-0.15, -0.1) is 11.3 Å². The predicted molar refractivity (Wildman–Crippen MR) is 107 cm³/mol. The Hall–Kier alpha value is -2.37. The molecule has 1 heterocycles. The van der Waals surface area contributed by atoms with Crippen LogP contribution in [-0.2, 0) is 14.8 Å². The third-order valence-electron chi connectivity index (χ3n) is 3.49. The molecule has 11 heteroatoms. The lowest BCUT2D eigenvalue weighted by atomic mass is 10.1. The van der Waals surface area contributed by atoms with E-state index in [1.54, 1.807) is 29.6 Å². The molecule has 0 atom stereocenters. The van der Waals surface area contributed by atoms with Gasteiger partial charge in [-0.1, -0.05) is 12.1 Å². The second-order valence-corrected chi connectivity index (χ2v) is 8.96. The van der Waals surface area contributed by atoms with E-state index in [1.807, 2.05) is 0 Å². The topological polar surface area (TPSA) is 88.2 Å². The monoisotopic (exact) mass is 487 g/mol. The first-order valence-electron chi connectivity index (χ1n) is 7.66. The van der Waals surface area contributed by atoms with Crippen LogP contribution >= 0.6 is 27.3 Å². The number of hydrogen-bond donors (Lipinski definition) is 2. The number of amides is 1. The van der Waals surface area contributed by atoms with Crippen molar-refractivity contribution in [2.45, 2.75) is 11.8 Å². The fourth-order valence-electron chi connectivity index (χ4n) is 2.26. The van der Waals surface area contributed by atoms with Crippen molar-refractivity contribution in [2.75, 3.05) is 10.0 Å². The lowest BCUT2D eigenvalue weighted by Gasteiger charge is -2.07. The van der Waals surface area contributed by atoms with E-state index in [1.165, 1.54) is 6.92 Å². The minimum Gasteiger partial charge on any atom is -0.326 e. The van der Waals surface area contributed by atoms with Gasteiger partial charge in [0.2, 0.25) is 5.91 Å². The zero-order chi connectivity index (χ0) is 20.5. The molecule has 0 radical (unpaired) electrons. The van der Waals surface area contributed by atoms with Crippen LogP contribution in [0.2, 0.25) is 0 Å². The van der Waals surface area contributed by atoms with E-state index >= 15 is 0 Å². The Balaban J connectivity index is 1.82. The third kappa shape index (κ3) is 4.54. The molecule has 146 valence electrons. The first kappa shape index (κ1) is 20.4. The number of carbonyl (C=O) groups is 1. The minimum absolute atomic E-state index is 0.00339. The molecule has 2 aromatic carbocycles. The Labute approximate surface area is 171 Å². The van der Waals surface area contributed by atoms with Gasteiger partial charge < -0.3 is 5.32 Å². The van der Waals surface area contributed by atoms with Crippen molar-refractivity contribution in [3.05, 3.63) is 57.9 Å². The number of thiazole rings is 1. The quantitative estimate of drug-likeness (QED) is 0.514. The van der Waals surface area contributed by atoms with Crippen LogP contribution in [0, 0.1) is 11.6 Å². The van der Waals surface area contributed by atoms with Crippen LogP contribution in [0.5, 0.6) is 0 Å². The Morgan fingerprint density at radius 3 is 2.46 bits per heavy atom. The van der Waals surface area contributed by atoms with Gasteiger partial charge >= 0.3 is 0 Å². The third-order valence-corrected chi connectivity index (χ3v) is 6.34. The van der Waals surface area contributed by atoms with E-state index in [2.05, 4.69) is 31.0 Å². The van der Waals surface area contributed by atoms with Crippen LogP contribution < -0.4 is 10.0 Å². The molecular weight excluding hydrogens is 476 g/mol. The molecule has 0 aliphatic heterocycles. The first-order chi connectivity index (χ1) is 13.2. The summed E-state index contributed by atoms with van der Waals surface area (Å²) < 4.78 is 54.3. The zero-order valence-electron chi connectivity index (χ0n) is 14.2. The summed E-state index contributed by atoms with van der Waals surface area (Å²) in [5.41, 5.74) is 1.79. The molecule has 1 aromatic heterocycles. The van der Waals surface area contributed by atoms with Gasteiger partial charge in [0.1, 0.15) is 16.5 Å². The lowest BCUT2D eigenvalue weighted by molar-refractivity contribution is -0.114. The normalized spacial score (nSPS) is 11.3. The first-order valence-corrected chi connectivity index (χ1v) is 10.8. The molecule has 1 amide bonds. The van der Waals surface area contributed by atoms with Crippen LogP contribution in [0.15, 0.2) is 51.1 Å². The van der Waals surface area contributed by atoms with E-state index in [0.717, 1.165) is 17.4 Å². The number of anilines is 2. The van der Waals surface area contributed by atoms with Gasteiger partial charge in [0.05, 0.1) is 10.2 Å². The number of nitrogens with zero attached hydrogens (tertiary/aromatic N) is 1. The standard InChI is InChI=1S/C17H12BrF2N3O3S2/c1-9(24)21-11-4-2-10(3-5-11)15-8-27-17(22-15)23-28(25,26)16-7-13(19)12(18)6-14(16)20/h2-8H,1H3,(H,21,24)(H,22,23). The summed E-state index contributed by atoms with van der Waals surface area (Å²) in [4.78, 5) is 14.4. The van der Waals surface area contributed by atoms with E-state index in [-0.39, 0.29) is 15.5 Å². The number of carbonyl (C=O) groups excluding carboxylic acids is 1. The molecule has 0 saturated carbocycles. The molecule has 28 heavy (non-hydrogen) atoms. The minimum atomic E-state index is -4.36. The maximum absolute atomic E-state index is 14.0. The number of rotatable bonds is 5. The second kappa shape index (κ2) is 7.94. The maximum atomic E-state index is 14.0. The molecule has 0 fully saturated rings. The van der Waals surface area contributed by atoms with Crippen molar-refractivity contribution >= 4 is 54.0 Å². The molecule has 0 aliphatic carbocycles. The highest BCUT2D eigenvalue weighted by atomic mass is 79.9. The Morgan fingerprint density at radius 1 is 1.14 bits per heavy atom. The number of nitrogens with one attached hydrogen (secondary N) is 2. The molecule has 3 aromatic rings. The van der Waals surface area contributed by atoms with Crippen molar-refractivity contribution in [3.63, 3.8) is 0 Å². The van der Waals surface area contributed by atoms with Gasteiger partial charge in [-0.25, -0.2) is 22.2 Å². The molecule has 0 bridgehead atoms. The fraction of sp³-hybridized carbons (Fsp3) is 0.0588. The van der Waals surface area contributed by atoms with Crippen molar-refractivity contribution in [1.29, 1.82) is 0 Å². The maximum Gasteiger partial charge on any atom is 0.266 e. The number of hydrogen-bond acceptors (Lipinski definition) is 5. The Kier molecular flexibility index (Phi) is 5.77. The Bertz CT molecular complexity index is 1150. The number of sulfonamides is 1. The lowest BCUT2D eigenvalue weighted by Crippen LogP contribution is -2.15. The summed E-state index contributed by atoms with van der Waals surface area (Å²) >= 11 is 3.79. The Morgan fingerprint density at radius 2 is 1.82 bits per heavy atom. The molecule has 0 unspecified atom stereocenters. The number of aromatic nitrogens is 1. The van der Waals surface area contributed by atoms with Gasteiger partial charge in [-0.2, -0.15) is 0 Å². The molecule has 0 saturated heterocycles. The summed E-state index contributed by atoms with van der Waals surface area (Å²) in [6.07, 6.45) is 0. The van der Waals surface area contributed by atoms with Crippen molar-refractivity contribution in [2.24, 2.45) is 0 Å². The average molecular weight is 488 g/mol. The van der Waals surface area contributed by atoms with Crippen LogP contribution in [0.4, 0.5) is 19.6 Å². The van der Waals surface area contributed by atoms with Gasteiger partial charge in [-0.05, 0) is 40.2 Å². The zero-order valence-corrected chi connectivity index (χ0v) is 17.4. The van der Waals surface area contributed by atoms with E-state index in [9.17, 15) is 22.0 Å². The van der Waals surface area contributed by atoms with Gasteiger partial charge in [-0.3, -0.25) is 9.52 Å². The predicted octanol–water partition coefficient (Wildman–Crippen LogP) is 4.61. The average Bonchev–Trinajstić information content (AvgIpc) is 3.06. The van der Waals surface area contributed by atoms with E-state index in [0.29, 0.717) is 23.0 Å². The molecule has 0 aliphatic rings. The molecule has 2 N–H and O–H groups in total. The molecule has 3 rings (SSSR count). The molecular formula is C17H12BrF2N3O3S2. The largest absolute Gasteiger partial charge is 0.326 e. The van der Waals surface area contributed by atoms with Crippen LogP contribution in [0.25, 0.3) is 11.3 Å². The van der Waals surface area contributed by atoms with Crippen molar-refractivity contribution in [3.8, 4) is 11.3 Å². The van der Waals surface area contributed by atoms with E-state index in [4.69, 9.17) is 0 Å².